The molecule has 4 heteroatoms. The first-order valence-electron chi connectivity index (χ1n) is 5.97. The van der Waals surface area contributed by atoms with Gasteiger partial charge in [0, 0.05) is 29.2 Å². The summed E-state index contributed by atoms with van der Waals surface area (Å²) in [6, 6.07) is 5.17. The zero-order valence-corrected chi connectivity index (χ0v) is 11.6. The number of hydrogen-bond donors (Lipinski definition) is 1. The minimum Gasteiger partial charge on any atom is -0.329 e. The van der Waals surface area contributed by atoms with Gasteiger partial charge in [0.05, 0.1) is 0 Å². The summed E-state index contributed by atoms with van der Waals surface area (Å²) in [6.45, 7) is 1.46. The van der Waals surface area contributed by atoms with Gasteiger partial charge in [0.25, 0.3) is 0 Å². The molecule has 17 heavy (non-hydrogen) atoms. The fraction of sp³-hybridized carbons (Fsp3) is 0.538. The summed E-state index contributed by atoms with van der Waals surface area (Å²) < 4.78 is 14.7. The zero-order valence-electron chi connectivity index (χ0n) is 10.00. The highest BCUT2D eigenvalue weighted by molar-refractivity contribution is 9.10. The van der Waals surface area contributed by atoms with Gasteiger partial charge in [0.2, 0.25) is 0 Å². The van der Waals surface area contributed by atoms with Crippen LogP contribution in [-0.4, -0.2) is 25.0 Å². The Morgan fingerprint density at radius 2 is 2.24 bits per heavy atom. The highest BCUT2D eigenvalue weighted by Crippen LogP contribution is 2.32. The second kappa shape index (κ2) is 5.46. The summed E-state index contributed by atoms with van der Waals surface area (Å²) >= 11 is 3.27. The molecule has 94 valence electrons. The molecule has 1 unspecified atom stereocenters. The van der Waals surface area contributed by atoms with E-state index in [9.17, 15) is 4.39 Å². The van der Waals surface area contributed by atoms with E-state index < -0.39 is 0 Å². The highest BCUT2D eigenvalue weighted by Gasteiger charge is 2.27. The lowest BCUT2D eigenvalue weighted by Crippen LogP contribution is -2.32. The van der Waals surface area contributed by atoms with Crippen molar-refractivity contribution in [1.82, 2.24) is 4.90 Å². The third-order valence-electron chi connectivity index (χ3n) is 3.32. The van der Waals surface area contributed by atoms with Crippen LogP contribution in [0.1, 0.15) is 24.4 Å². The molecule has 0 spiro atoms. The topological polar surface area (TPSA) is 29.3 Å². The summed E-state index contributed by atoms with van der Waals surface area (Å²) in [5.74, 6) is 0.602. The van der Waals surface area contributed by atoms with E-state index in [1.807, 2.05) is 19.2 Å². The van der Waals surface area contributed by atoms with Crippen LogP contribution >= 0.6 is 15.9 Å². The van der Waals surface area contributed by atoms with E-state index in [0.29, 0.717) is 12.1 Å². The second-order valence-electron chi connectivity index (χ2n) is 4.80. The van der Waals surface area contributed by atoms with Crippen molar-refractivity contribution in [2.45, 2.75) is 18.9 Å². The van der Waals surface area contributed by atoms with Gasteiger partial charge in [-0.3, -0.25) is 4.90 Å². The molecule has 2 N–H and O–H groups in total. The summed E-state index contributed by atoms with van der Waals surface area (Å²) in [7, 11) is 2.03. The molecular formula is C13H18BrFN2. The maximum atomic E-state index is 13.9. The van der Waals surface area contributed by atoms with Crippen LogP contribution in [0.25, 0.3) is 0 Å². The second-order valence-corrected chi connectivity index (χ2v) is 5.72. The SMILES string of the molecule is CN(CC1CC1)C(CN)c1ccc(Br)cc1F. The summed E-state index contributed by atoms with van der Waals surface area (Å²) in [5.41, 5.74) is 6.48. The lowest BCUT2D eigenvalue weighted by molar-refractivity contribution is 0.235. The molecular weight excluding hydrogens is 283 g/mol. The maximum Gasteiger partial charge on any atom is 0.129 e. The summed E-state index contributed by atoms with van der Waals surface area (Å²) in [5, 5.41) is 0. The van der Waals surface area contributed by atoms with Crippen molar-refractivity contribution in [1.29, 1.82) is 0 Å². The van der Waals surface area contributed by atoms with Crippen LogP contribution in [0.2, 0.25) is 0 Å². The van der Waals surface area contributed by atoms with E-state index in [1.165, 1.54) is 18.9 Å². The van der Waals surface area contributed by atoms with Gasteiger partial charge in [-0.2, -0.15) is 0 Å². The quantitative estimate of drug-likeness (QED) is 0.906. The Balaban J connectivity index is 2.14. The largest absolute Gasteiger partial charge is 0.329 e. The minimum atomic E-state index is -0.183. The fourth-order valence-electron chi connectivity index (χ4n) is 2.15. The van der Waals surface area contributed by atoms with E-state index in [-0.39, 0.29) is 11.9 Å². The Bertz CT molecular complexity index is 393. The summed E-state index contributed by atoms with van der Waals surface area (Å²) in [4.78, 5) is 2.17. The van der Waals surface area contributed by atoms with Crippen LogP contribution in [0, 0.1) is 11.7 Å². The first kappa shape index (κ1) is 13.0. The average Bonchev–Trinajstić information content (AvgIpc) is 3.06. The van der Waals surface area contributed by atoms with Gasteiger partial charge in [-0.25, -0.2) is 4.39 Å². The molecule has 1 aliphatic carbocycles. The van der Waals surface area contributed by atoms with Crippen molar-refractivity contribution < 1.29 is 4.39 Å². The van der Waals surface area contributed by atoms with E-state index in [4.69, 9.17) is 5.73 Å². The molecule has 0 amide bonds. The van der Waals surface area contributed by atoms with Gasteiger partial charge in [-0.15, -0.1) is 0 Å². The number of hydrogen-bond acceptors (Lipinski definition) is 2. The van der Waals surface area contributed by atoms with Crippen molar-refractivity contribution in [3.63, 3.8) is 0 Å². The third-order valence-corrected chi connectivity index (χ3v) is 3.81. The van der Waals surface area contributed by atoms with Gasteiger partial charge in [-0.05, 0) is 37.9 Å². The summed E-state index contributed by atoms with van der Waals surface area (Å²) in [6.07, 6.45) is 2.59. The van der Waals surface area contributed by atoms with Gasteiger partial charge >= 0.3 is 0 Å². The van der Waals surface area contributed by atoms with E-state index in [0.717, 1.165) is 16.9 Å². The Hall–Kier alpha value is -0.450. The monoisotopic (exact) mass is 300 g/mol. The molecule has 1 atom stereocenters. The van der Waals surface area contributed by atoms with E-state index >= 15 is 0 Å². The Kier molecular flexibility index (Phi) is 4.17. The molecule has 2 nitrogen and oxygen atoms in total. The van der Waals surface area contributed by atoms with Crippen LogP contribution < -0.4 is 5.73 Å². The molecule has 1 aromatic carbocycles. The highest BCUT2D eigenvalue weighted by atomic mass is 79.9. The lowest BCUT2D eigenvalue weighted by atomic mass is 10.0. The van der Waals surface area contributed by atoms with Crippen molar-refractivity contribution >= 4 is 15.9 Å². The van der Waals surface area contributed by atoms with Gasteiger partial charge in [0.15, 0.2) is 0 Å². The number of nitrogens with two attached hydrogens (primary N) is 1. The van der Waals surface area contributed by atoms with E-state index in [1.54, 1.807) is 0 Å². The first-order chi connectivity index (χ1) is 8.11. The smallest absolute Gasteiger partial charge is 0.129 e. The Labute approximate surface area is 110 Å². The fourth-order valence-corrected chi connectivity index (χ4v) is 2.48. The third kappa shape index (κ3) is 3.27. The van der Waals surface area contributed by atoms with Crippen molar-refractivity contribution in [2.24, 2.45) is 11.7 Å². The van der Waals surface area contributed by atoms with Gasteiger partial charge in [-0.1, -0.05) is 22.0 Å². The zero-order chi connectivity index (χ0) is 12.4. The number of nitrogens with zero attached hydrogens (tertiary/aromatic N) is 1. The number of rotatable bonds is 5. The molecule has 2 rings (SSSR count). The molecule has 1 saturated carbocycles. The Morgan fingerprint density at radius 3 is 2.76 bits per heavy atom. The molecule has 0 heterocycles. The molecule has 1 aromatic rings. The molecule has 0 radical (unpaired) electrons. The molecule has 1 fully saturated rings. The number of halogens is 2. The maximum absolute atomic E-state index is 13.9. The van der Waals surface area contributed by atoms with Crippen LogP contribution in [0.4, 0.5) is 4.39 Å². The average molecular weight is 301 g/mol. The van der Waals surface area contributed by atoms with Crippen LogP contribution in [-0.2, 0) is 0 Å². The molecule has 0 saturated heterocycles. The van der Waals surface area contributed by atoms with Gasteiger partial charge in [0.1, 0.15) is 5.82 Å². The van der Waals surface area contributed by atoms with Crippen LogP contribution in [0.15, 0.2) is 22.7 Å². The predicted octanol–water partition coefficient (Wildman–Crippen LogP) is 2.93. The van der Waals surface area contributed by atoms with E-state index in [2.05, 4.69) is 20.8 Å². The molecule has 0 aromatic heterocycles. The normalized spacial score (nSPS) is 17.5. The standard InChI is InChI=1S/C13H18BrFN2/c1-17(8-9-2-3-9)13(7-16)11-5-4-10(14)6-12(11)15/h4-6,9,13H,2-3,7-8,16H2,1H3. The van der Waals surface area contributed by atoms with Crippen molar-refractivity contribution in [2.75, 3.05) is 20.1 Å². The molecule has 1 aliphatic rings. The number of likely N-dealkylation sites (N-methyl/N-ethyl adjacent to an activating group) is 1. The number of benzene rings is 1. The van der Waals surface area contributed by atoms with Crippen molar-refractivity contribution in [3.05, 3.63) is 34.1 Å². The first-order valence-corrected chi connectivity index (χ1v) is 6.76. The van der Waals surface area contributed by atoms with Crippen molar-refractivity contribution in [3.8, 4) is 0 Å². The molecule has 0 bridgehead atoms. The van der Waals surface area contributed by atoms with Crippen LogP contribution in [0.5, 0.6) is 0 Å². The van der Waals surface area contributed by atoms with Gasteiger partial charge < -0.3 is 5.73 Å². The predicted molar refractivity (Wildman–Crippen MR) is 71.2 cm³/mol. The Morgan fingerprint density at radius 1 is 1.53 bits per heavy atom. The lowest BCUT2D eigenvalue weighted by Gasteiger charge is -2.27. The molecule has 0 aliphatic heterocycles. The van der Waals surface area contributed by atoms with Crippen LogP contribution in [0.3, 0.4) is 0 Å². The minimum absolute atomic E-state index is 0.0244.